The molecule has 176 valence electrons. The number of nitrogens with zero attached hydrogens (tertiary/aromatic N) is 2. The van der Waals surface area contributed by atoms with Gasteiger partial charge in [-0.05, 0) is 24.1 Å². The van der Waals surface area contributed by atoms with Crippen molar-refractivity contribution < 1.29 is 9.59 Å². The van der Waals surface area contributed by atoms with Crippen molar-refractivity contribution in [2.75, 3.05) is 13.1 Å². The molecule has 0 spiro atoms. The molecule has 2 aromatic heterocycles. The number of fused-ring (bicyclic) bond motifs is 10. The summed E-state index contributed by atoms with van der Waals surface area (Å²) in [6, 6.07) is 26.6. The lowest BCUT2D eigenvalue weighted by atomic mass is 9.97. The number of aryl methyl sites for hydroxylation is 2. The minimum Gasteiger partial charge on any atom is -0.353 e. The largest absolute Gasteiger partial charge is 0.353 e. The van der Waals surface area contributed by atoms with Crippen LogP contribution in [0.4, 0.5) is 0 Å². The summed E-state index contributed by atoms with van der Waals surface area (Å²) >= 11 is 0. The molecular weight excluding hydrogens is 448 g/mol. The molecule has 4 aromatic carbocycles. The van der Waals surface area contributed by atoms with Gasteiger partial charge in [-0.3, -0.25) is 14.5 Å². The quantitative estimate of drug-likeness (QED) is 0.337. The molecule has 0 saturated heterocycles. The minimum atomic E-state index is -0.266. The second-order valence-electron chi connectivity index (χ2n) is 9.35. The Bertz CT molecular complexity index is 1850. The van der Waals surface area contributed by atoms with Crippen LogP contribution >= 0.6 is 0 Å². The number of hydrogen-bond donors (Lipinski definition) is 2. The van der Waals surface area contributed by atoms with E-state index in [1.165, 1.54) is 10.5 Å². The predicted octanol–water partition coefficient (Wildman–Crippen LogP) is 5.23. The van der Waals surface area contributed by atoms with Crippen LogP contribution < -0.4 is 5.73 Å². The first-order chi connectivity index (χ1) is 17.7. The summed E-state index contributed by atoms with van der Waals surface area (Å²) in [6.07, 6.45) is 0.847. The van der Waals surface area contributed by atoms with Crippen LogP contribution in [0.5, 0.6) is 0 Å². The van der Waals surface area contributed by atoms with Crippen LogP contribution in [0.25, 0.3) is 43.6 Å². The average Bonchev–Trinajstić information content (AvgIpc) is 3.53. The van der Waals surface area contributed by atoms with Gasteiger partial charge in [0.15, 0.2) is 0 Å². The van der Waals surface area contributed by atoms with Crippen molar-refractivity contribution in [1.29, 1.82) is 0 Å². The van der Waals surface area contributed by atoms with Gasteiger partial charge in [0.2, 0.25) is 0 Å². The third-order valence-corrected chi connectivity index (χ3v) is 7.40. The Labute approximate surface area is 206 Å². The van der Waals surface area contributed by atoms with Crippen LogP contribution in [0.1, 0.15) is 26.3 Å². The second-order valence-corrected chi connectivity index (χ2v) is 9.35. The molecule has 1 aliphatic rings. The fourth-order valence-corrected chi connectivity index (χ4v) is 5.89. The van der Waals surface area contributed by atoms with Crippen LogP contribution in [-0.4, -0.2) is 39.4 Å². The number of nitrogens with two attached hydrogens (primary N) is 1. The Morgan fingerprint density at radius 3 is 2.17 bits per heavy atom. The maximum absolute atomic E-state index is 13.8. The fourth-order valence-electron chi connectivity index (χ4n) is 5.89. The zero-order valence-corrected chi connectivity index (χ0v) is 19.6. The second kappa shape index (κ2) is 7.80. The van der Waals surface area contributed by atoms with Crippen molar-refractivity contribution in [2.45, 2.75) is 13.0 Å². The van der Waals surface area contributed by atoms with Crippen molar-refractivity contribution in [3.63, 3.8) is 0 Å². The molecule has 3 N–H and O–H groups in total. The van der Waals surface area contributed by atoms with E-state index in [-0.39, 0.29) is 24.9 Å². The summed E-state index contributed by atoms with van der Waals surface area (Å²) < 4.78 is 2.30. The lowest BCUT2D eigenvalue weighted by Gasteiger charge is -2.11. The summed E-state index contributed by atoms with van der Waals surface area (Å²) in [5, 5.41) is 3.58. The van der Waals surface area contributed by atoms with E-state index in [9.17, 15) is 9.59 Å². The number of amides is 2. The Morgan fingerprint density at radius 1 is 0.722 bits per heavy atom. The van der Waals surface area contributed by atoms with E-state index in [1.54, 1.807) is 0 Å². The number of H-pyrrole nitrogens is 1. The summed E-state index contributed by atoms with van der Waals surface area (Å²) in [5.41, 5.74) is 11.9. The van der Waals surface area contributed by atoms with E-state index in [2.05, 4.69) is 45.9 Å². The molecule has 0 fully saturated rings. The Balaban J connectivity index is 1.64. The molecule has 2 amide bonds. The molecular formula is C30H24N4O2. The molecule has 36 heavy (non-hydrogen) atoms. The van der Waals surface area contributed by atoms with Crippen molar-refractivity contribution >= 4 is 55.4 Å². The first-order valence-corrected chi connectivity index (χ1v) is 12.3. The van der Waals surface area contributed by atoms with Gasteiger partial charge in [0.1, 0.15) is 0 Å². The normalized spacial score (nSPS) is 13.6. The van der Waals surface area contributed by atoms with E-state index in [4.69, 9.17) is 5.73 Å². The molecule has 1 aliphatic heterocycles. The summed E-state index contributed by atoms with van der Waals surface area (Å²) in [4.78, 5) is 32.4. The highest BCUT2D eigenvalue weighted by atomic mass is 16.2. The van der Waals surface area contributed by atoms with Crippen LogP contribution in [0.15, 0.2) is 78.9 Å². The van der Waals surface area contributed by atoms with Crippen LogP contribution in [0.2, 0.25) is 0 Å². The number of carbonyl (C=O) groups is 2. The Hall–Kier alpha value is -4.42. The number of nitrogens with one attached hydrogen (secondary N) is 1. The van der Waals surface area contributed by atoms with Gasteiger partial charge >= 0.3 is 0 Å². The van der Waals surface area contributed by atoms with Gasteiger partial charge in [0, 0.05) is 52.2 Å². The number of aromatic nitrogens is 2. The van der Waals surface area contributed by atoms with Crippen molar-refractivity contribution in [2.24, 2.45) is 5.73 Å². The molecule has 0 aliphatic carbocycles. The van der Waals surface area contributed by atoms with Crippen LogP contribution in [-0.2, 0) is 13.0 Å². The Morgan fingerprint density at radius 2 is 1.39 bits per heavy atom. The minimum absolute atomic E-state index is 0.199. The van der Waals surface area contributed by atoms with Gasteiger partial charge in [-0.1, -0.05) is 66.7 Å². The molecule has 7 rings (SSSR count). The fraction of sp³-hybridized carbons (Fsp3) is 0.133. The number of imide groups is 1. The van der Waals surface area contributed by atoms with E-state index < -0.39 is 0 Å². The number of aromatic amines is 1. The van der Waals surface area contributed by atoms with Crippen molar-refractivity contribution in [1.82, 2.24) is 14.5 Å². The molecule has 6 nitrogen and oxygen atoms in total. The lowest BCUT2D eigenvalue weighted by Crippen LogP contribution is -2.34. The molecule has 0 bridgehead atoms. The predicted molar refractivity (Wildman–Crippen MR) is 143 cm³/mol. The smallest absolute Gasteiger partial charge is 0.262 e. The Kier molecular flexibility index (Phi) is 4.53. The number of benzene rings is 4. The van der Waals surface area contributed by atoms with Gasteiger partial charge in [-0.2, -0.15) is 0 Å². The zero-order valence-electron chi connectivity index (χ0n) is 19.6. The highest BCUT2D eigenvalue weighted by Gasteiger charge is 2.41. The van der Waals surface area contributed by atoms with Crippen LogP contribution in [0.3, 0.4) is 0 Å². The van der Waals surface area contributed by atoms with E-state index >= 15 is 0 Å². The molecule has 6 heteroatoms. The van der Waals surface area contributed by atoms with Crippen LogP contribution in [0, 0.1) is 0 Å². The zero-order chi connectivity index (χ0) is 24.4. The first-order valence-electron chi connectivity index (χ1n) is 12.3. The molecule has 6 aromatic rings. The van der Waals surface area contributed by atoms with E-state index in [0.717, 1.165) is 56.6 Å². The van der Waals surface area contributed by atoms with Gasteiger partial charge in [0.25, 0.3) is 11.8 Å². The average molecular weight is 473 g/mol. The lowest BCUT2D eigenvalue weighted by molar-refractivity contribution is 0.0660. The van der Waals surface area contributed by atoms with Gasteiger partial charge in [-0.15, -0.1) is 0 Å². The highest BCUT2D eigenvalue weighted by molar-refractivity contribution is 6.39. The molecule has 0 saturated carbocycles. The standard InChI is InChI=1S/C30H24N4O2/c31-15-17-34-29(35)25-23-19-10-4-6-12-21(19)32-27(23)28-24(26(25)30(34)36)20-11-5-7-13-22(20)33(28)16-14-18-8-2-1-3-9-18/h1-13,32H,14-17,31H2. The van der Waals surface area contributed by atoms with Crippen molar-refractivity contribution in [3.8, 4) is 0 Å². The molecule has 0 radical (unpaired) electrons. The third kappa shape index (κ3) is 2.76. The summed E-state index contributed by atoms with van der Waals surface area (Å²) in [5.74, 6) is -0.526. The van der Waals surface area contributed by atoms with Crippen molar-refractivity contribution in [3.05, 3.63) is 95.6 Å². The first kappa shape index (κ1) is 20.9. The van der Waals surface area contributed by atoms with Gasteiger partial charge in [0.05, 0.1) is 22.2 Å². The molecule has 0 atom stereocenters. The molecule has 3 heterocycles. The molecule has 0 unspecified atom stereocenters. The monoisotopic (exact) mass is 472 g/mol. The summed E-state index contributed by atoms with van der Waals surface area (Å²) in [7, 11) is 0. The third-order valence-electron chi connectivity index (χ3n) is 7.40. The van der Waals surface area contributed by atoms with Gasteiger partial charge in [-0.25, -0.2) is 0 Å². The summed E-state index contributed by atoms with van der Waals surface area (Å²) in [6.45, 7) is 1.17. The highest BCUT2D eigenvalue weighted by Crippen LogP contribution is 2.45. The number of rotatable bonds is 5. The maximum Gasteiger partial charge on any atom is 0.262 e. The number of para-hydroxylation sites is 2. The maximum atomic E-state index is 13.8. The number of carbonyl (C=O) groups excluding carboxylic acids is 2. The topological polar surface area (TPSA) is 84.1 Å². The van der Waals surface area contributed by atoms with E-state index in [0.29, 0.717) is 11.1 Å². The number of hydrogen-bond acceptors (Lipinski definition) is 3. The van der Waals surface area contributed by atoms with E-state index in [1.807, 2.05) is 42.5 Å². The van der Waals surface area contributed by atoms with Gasteiger partial charge < -0.3 is 15.3 Å². The SMILES string of the molecule is NCCN1C(=O)c2c(c3c4ccccc4n(CCc4ccccc4)c3c3[nH]c4ccccc4c23)C1=O.